The van der Waals surface area contributed by atoms with Crippen molar-refractivity contribution in [2.24, 2.45) is 0 Å². The summed E-state index contributed by atoms with van der Waals surface area (Å²) in [4.78, 5) is 24.0. The molecule has 0 fully saturated rings. The van der Waals surface area contributed by atoms with Crippen LogP contribution < -0.4 is 16.0 Å². The highest BCUT2D eigenvalue weighted by atomic mass is 16.2. The SMILES string of the molecule is CCNCC(=O)Nc1ccc(C(=O)Nc2c(C)cccc2C)cc1. The zero-order valence-corrected chi connectivity index (χ0v) is 14.3. The fourth-order valence-electron chi connectivity index (χ4n) is 2.35. The lowest BCUT2D eigenvalue weighted by Gasteiger charge is -2.12. The van der Waals surface area contributed by atoms with E-state index in [2.05, 4.69) is 16.0 Å². The van der Waals surface area contributed by atoms with Gasteiger partial charge in [-0.1, -0.05) is 25.1 Å². The summed E-state index contributed by atoms with van der Waals surface area (Å²) in [6, 6.07) is 12.7. The van der Waals surface area contributed by atoms with Gasteiger partial charge in [0.05, 0.1) is 6.54 Å². The second-order valence-corrected chi connectivity index (χ2v) is 5.63. The molecule has 0 aliphatic rings. The van der Waals surface area contributed by atoms with E-state index in [0.717, 1.165) is 23.4 Å². The molecular weight excluding hydrogens is 302 g/mol. The van der Waals surface area contributed by atoms with Gasteiger partial charge in [-0.2, -0.15) is 0 Å². The Hall–Kier alpha value is -2.66. The Kier molecular flexibility index (Phi) is 6.09. The Morgan fingerprint density at radius 3 is 2.12 bits per heavy atom. The van der Waals surface area contributed by atoms with Crippen molar-refractivity contribution < 1.29 is 9.59 Å². The van der Waals surface area contributed by atoms with Crippen LogP contribution in [0.1, 0.15) is 28.4 Å². The van der Waals surface area contributed by atoms with Gasteiger partial charge in [0.15, 0.2) is 0 Å². The maximum atomic E-state index is 12.4. The number of hydrogen-bond donors (Lipinski definition) is 3. The Bertz CT molecular complexity index is 704. The molecule has 2 rings (SSSR count). The molecule has 0 aliphatic carbocycles. The van der Waals surface area contributed by atoms with Crippen LogP contribution in [0.2, 0.25) is 0 Å². The number of carbonyl (C=O) groups is 2. The first-order chi connectivity index (χ1) is 11.5. The molecule has 0 bridgehead atoms. The van der Waals surface area contributed by atoms with E-state index >= 15 is 0 Å². The highest BCUT2D eigenvalue weighted by molar-refractivity contribution is 6.05. The van der Waals surface area contributed by atoms with Crippen LogP contribution in [0.25, 0.3) is 0 Å². The molecule has 24 heavy (non-hydrogen) atoms. The summed E-state index contributed by atoms with van der Waals surface area (Å²) in [6.45, 7) is 6.88. The standard InChI is InChI=1S/C19H23N3O2/c1-4-20-12-17(23)21-16-10-8-15(9-11-16)19(24)22-18-13(2)6-5-7-14(18)3/h5-11,20H,4,12H2,1-3H3,(H,21,23)(H,22,24). The van der Waals surface area contributed by atoms with Crippen LogP contribution in [0.3, 0.4) is 0 Å². The predicted octanol–water partition coefficient (Wildman–Crippen LogP) is 3.10. The molecule has 0 aliphatic heterocycles. The van der Waals surface area contributed by atoms with E-state index in [0.29, 0.717) is 11.3 Å². The first kappa shape index (κ1) is 17.7. The van der Waals surface area contributed by atoms with Gasteiger partial charge in [0.1, 0.15) is 0 Å². The van der Waals surface area contributed by atoms with Crippen LogP contribution in [-0.2, 0) is 4.79 Å². The van der Waals surface area contributed by atoms with Crippen molar-refractivity contribution in [2.45, 2.75) is 20.8 Å². The van der Waals surface area contributed by atoms with E-state index in [-0.39, 0.29) is 18.4 Å². The van der Waals surface area contributed by atoms with Crippen LogP contribution >= 0.6 is 0 Å². The molecule has 0 unspecified atom stereocenters. The molecule has 0 heterocycles. The summed E-state index contributed by atoms with van der Waals surface area (Å²) in [5.74, 6) is -0.275. The van der Waals surface area contributed by atoms with Gasteiger partial charge in [-0.15, -0.1) is 0 Å². The van der Waals surface area contributed by atoms with E-state index in [1.165, 1.54) is 0 Å². The molecule has 0 saturated heterocycles. The summed E-state index contributed by atoms with van der Waals surface area (Å²) in [7, 11) is 0. The monoisotopic (exact) mass is 325 g/mol. The molecule has 0 atom stereocenters. The van der Waals surface area contributed by atoms with E-state index in [9.17, 15) is 9.59 Å². The molecule has 2 aromatic rings. The number of amides is 2. The summed E-state index contributed by atoms with van der Waals surface area (Å²) in [5, 5.41) is 8.68. The van der Waals surface area contributed by atoms with Crippen LogP contribution in [0.5, 0.6) is 0 Å². The maximum absolute atomic E-state index is 12.4. The number of para-hydroxylation sites is 1. The number of hydrogen-bond acceptors (Lipinski definition) is 3. The molecule has 3 N–H and O–H groups in total. The predicted molar refractivity (Wildman–Crippen MR) is 97.5 cm³/mol. The zero-order chi connectivity index (χ0) is 17.5. The van der Waals surface area contributed by atoms with Crippen molar-refractivity contribution in [1.29, 1.82) is 0 Å². The Morgan fingerprint density at radius 2 is 1.54 bits per heavy atom. The van der Waals surface area contributed by atoms with E-state index in [1.54, 1.807) is 24.3 Å². The summed E-state index contributed by atoms with van der Waals surface area (Å²) in [5.41, 5.74) is 4.10. The number of anilines is 2. The lowest BCUT2D eigenvalue weighted by molar-refractivity contribution is -0.115. The number of likely N-dealkylation sites (N-methyl/N-ethyl adjacent to an activating group) is 1. The third-order valence-electron chi connectivity index (χ3n) is 3.69. The van der Waals surface area contributed by atoms with Gasteiger partial charge < -0.3 is 16.0 Å². The van der Waals surface area contributed by atoms with E-state index in [4.69, 9.17) is 0 Å². The van der Waals surface area contributed by atoms with Crippen LogP contribution in [0, 0.1) is 13.8 Å². The summed E-state index contributed by atoms with van der Waals surface area (Å²) < 4.78 is 0. The molecule has 5 heteroatoms. The molecule has 0 spiro atoms. The van der Waals surface area contributed by atoms with Gasteiger partial charge in [0.2, 0.25) is 5.91 Å². The van der Waals surface area contributed by atoms with Gasteiger partial charge in [-0.05, 0) is 55.8 Å². The molecule has 0 aromatic heterocycles. The van der Waals surface area contributed by atoms with Crippen LogP contribution in [0.15, 0.2) is 42.5 Å². The van der Waals surface area contributed by atoms with Crippen molar-refractivity contribution in [3.8, 4) is 0 Å². The largest absolute Gasteiger partial charge is 0.325 e. The number of rotatable bonds is 6. The number of carbonyl (C=O) groups excluding carboxylic acids is 2. The van der Waals surface area contributed by atoms with Crippen molar-refractivity contribution >= 4 is 23.2 Å². The smallest absolute Gasteiger partial charge is 0.255 e. The second-order valence-electron chi connectivity index (χ2n) is 5.63. The minimum absolute atomic E-state index is 0.107. The number of benzene rings is 2. The Morgan fingerprint density at radius 1 is 0.917 bits per heavy atom. The zero-order valence-electron chi connectivity index (χ0n) is 14.3. The highest BCUT2D eigenvalue weighted by Crippen LogP contribution is 2.20. The average molecular weight is 325 g/mol. The van der Waals surface area contributed by atoms with Crippen LogP contribution in [-0.4, -0.2) is 24.9 Å². The molecule has 5 nitrogen and oxygen atoms in total. The lowest BCUT2D eigenvalue weighted by atomic mass is 10.1. The minimum atomic E-state index is -0.169. The molecule has 0 radical (unpaired) electrons. The Labute approximate surface area is 142 Å². The number of nitrogens with one attached hydrogen (secondary N) is 3. The first-order valence-electron chi connectivity index (χ1n) is 7.99. The van der Waals surface area contributed by atoms with Crippen LogP contribution in [0.4, 0.5) is 11.4 Å². The fourth-order valence-corrected chi connectivity index (χ4v) is 2.35. The van der Waals surface area contributed by atoms with E-state index < -0.39 is 0 Å². The Balaban J connectivity index is 2.02. The average Bonchev–Trinajstić information content (AvgIpc) is 2.57. The molecule has 2 aromatic carbocycles. The summed E-state index contributed by atoms with van der Waals surface area (Å²) >= 11 is 0. The third kappa shape index (κ3) is 4.67. The molecule has 2 amide bonds. The van der Waals surface area contributed by atoms with Crippen molar-refractivity contribution in [2.75, 3.05) is 23.7 Å². The van der Waals surface area contributed by atoms with Gasteiger partial charge in [-0.3, -0.25) is 9.59 Å². The number of aryl methyl sites for hydroxylation is 2. The van der Waals surface area contributed by atoms with Gasteiger partial charge in [0.25, 0.3) is 5.91 Å². The van der Waals surface area contributed by atoms with E-state index in [1.807, 2.05) is 39.0 Å². The highest BCUT2D eigenvalue weighted by Gasteiger charge is 2.10. The molecular formula is C19H23N3O2. The van der Waals surface area contributed by atoms with Gasteiger partial charge in [0, 0.05) is 16.9 Å². The fraction of sp³-hybridized carbons (Fsp3) is 0.263. The lowest BCUT2D eigenvalue weighted by Crippen LogP contribution is -2.27. The molecule has 126 valence electrons. The first-order valence-corrected chi connectivity index (χ1v) is 7.99. The normalized spacial score (nSPS) is 10.3. The second kappa shape index (κ2) is 8.26. The van der Waals surface area contributed by atoms with Crippen molar-refractivity contribution in [3.63, 3.8) is 0 Å². The maximum Gasteiger partial charge on any atom is 0.255 e. The quantitative estimate of drug-likeness (QED) is 0.764. The third-order valence-corrected chi connectivity index (χ3v) is 3.69. The topological polar surface area (TPSA) is 70.2 Å². The minimum Gasteiger partial charge on any atom is -0.325 e. The van der Waals surface area contributed by atoms with Gasteiger partial charge >= 0.3 is 0 Å². The summed E-state index contributed by atoms with van der Waals surface area (Å²) in [6.07, 6.45) is 0. The molecule has 0 saturated carbocycles. The van der Waals surface area contributed by atoms with Crippen molar-refractivity contribution in [1.82, 2.24) is 5.32 Å². The van der Waals surface area contributed by atoms with Gasteiger partial charge in [-0.25, -0.2) is 0 Å². The van der Waals surface area contributed by atoms with Crippen molar-refractivity contribution in [3.05, 3.63) is 59.2 Å².